The van der Waals surface area contributed by atoms with Gasteiger partial charge >= 0.3 is 5.97 Å². The van der Waals surface area contributed by atoms with Crippen LogP contribution in [0.4, 0.5) is 0 Å². The topological polar surface area (TPSA) is 63.6 Å². The van der Waals surface area contributed by atoms with Crippen LogP contribution in [0.15, 0.2) is 21.5 Å². The molecule has 6 heteroatoms. The van der Waals surface area contributed by atoms with Crippen molar-refractivity contribution in [1.82, 2.24) is 0 Å². The summed E-state index contributed by atoms with van der Waals surface area (Å²) >= 11 is 4.98. The lowest BCUT2D eigenvalue weighted by Crippen LogP contribution is -2.09. The van der Waals surface area contributed by atoms with Gasteiger partial charge in [-0.15, -0.1) is 11.8 Å². The van der Waals surface area contributed by atoms with Gasteiger partial charge in [0.1, 0.15) is 5.75 Å². The lowest BCUT2D eigenvalue weighted by atomic mass is 9.98. The van der Waals surface area contributed by atoms with Gasteiger partial charge in [0.05, 0.1) is 17.9 Å². The Morgan fingerprint density at radius 1 is 1.52 bits per heavy atom. The molecule has 0 aromatic heterocycles. The number of allylic oxidation sites excluding steroid dienone is 1. The second-order valence-corrected chi connectivity index (χ2v) is 6.70. The summed E-state index contributed by atoms with van der Waals surface area (Å²) in [5.41, 5.74) is 1.41. The Morgan fingerprint density at radius 3 is 2.76 bits per heavy atom. The molecule has 1 saturated heterocycles. The van der Waals surface area contributed by atoms with Crippen molar-refractivity contribution in [3.63, 3.8) is 0 Å². The number of rotatable bonds is 4. The third-order valence-electron chi connectivity index (χ3n) is 3.33. The normalized spacial score (nSPS) is 18.0. The Bertz CT molecular complexity index is 624. The fraction of sp³-hybridized carbons (Fsp3) is 0.333. The van der Waals surface area contributed by atoms with Crippen LogP contribution in [0.3, 0.4) is 0 Å². The number of ketones is 1. The van der Waals surface area contributed by atoms with E-state index >= 15 is 0 Å². The van der Waals surface area contributed by atoms with Gasteiger partial charge in [-0.05, 0) is 30.7 Å². The highest BCUT2D eigenvalue weighted by Gasteiger charge is 2.22. The Hall–Kier alpha value is -1.27. The van der Waals surface area contributed by atoms with E-state index in [-0.39, 0.29) is 5.78 Å². The van der Waals surface area contributed by atoms with Gasteiger partial charge < -0.3 is 9.84 Å². The summed E-state index contributed by atoms with van der Waals surface area (Å²) in [4.78, 5) is 23.6. The number of hydrogen-bond donors (Lipinski definition) is 1. The van der Waals surface area contributed by atoms with Crippen LogP contribution in [-0.4, -0.2) is 29.7 Å². The fourth-order valence-corrected chi connectivity index (χ4v) is 3.52. The molecule has 4 nitrogen and oxygen atoms in total. The molecule has 1 unspecified atom stereocenters. The number of aliphatic carboxylic acids is 1. The number of carbonyl (C=O) groups excluding carboxylic acids is 1. The minimum atomic E-state index is -0.909. The summed E-state index contributed by atoms with van der Waals surface area (Å²) in [6, 6.07) is 3.51. The molecule has 112 valence electrons. The SMILES string of the molecule is COc1cc(C=C2SCCC2=O)c(Br)cc1C(C)C(=O)O. The van der Waals surface area contributed by atoms with Gasteiger partial charge in [0.15, 0.2) is 5.78 Å². The predicted molar refractivity (Wildman–Crippen MR) is 86.8 cm³/mol. The molecule has 1 aliphatic rings. The highest BCUT2D eigenvalue weighted by molar-refractivity contribution is 9.10. The van der Waals surface area contributed by atoms with Gasteiger partial charge in [-0.25, -0.2) is 0 Å². The standard InChI is InChI=1S/C15H15BrO4S/c1-8(15(18)19)10-7-11(16)9(5-13(10)20-2)6-14-12(17)3-4-21-14/h5-8H,3-4H2,1-2H3,(H,18,19). The van der Waals surface area contributed by atoms with Gasteiger partial charge in [-0.1, -0.05) is 15.9 Å². The number of ether oxygens (including phenoxy) is 1. The van der Waals surface area contributed by atoms with Crippen molar-refractivity contribution in [2.24, 2.45) is 0 Å². The second kappa shape index (κ2) is 6.66. The van der Waals surface area contributed by atoms with Crippen LogP contribution in [0, 0.1) is 0 Å². The van der Waals surface area contributed by atoms with Crippen molar-refractivity contribution in [1.29, 1.82) is 0 Å². The molecule has 1 fully saturated rings. The van der Waals surface area contributed by atoms with E-state index in [1.807, 2.05) is 6.08 Å². The Kier molecular flexibility index (Phi) is 5.11. The molecule has 0 spiro atoms. The van der Waals surface area contributed by atoms with Gasteiger partial charge in [-0.3, -0.25) is 9.59 Å². The van der Waals surface area contributed by atoms with E-state index in [2.05, 4.69) is 15.9 Å². The average Bonchev–Trinajstić information content (AvgIpc) is 2.85. The summed E-state index contributed by atoms with van der Waals surface area (Å²) in [6.45, 7) is 1.61. The lowest BCUT2D eigenvalue weighted by molar-refractivity contribution is -0.138. The van der Waals surface area contributed by atoms with Crippen molar-refractivity contribution in [3.8, 4) is 5.75 Å². The van der Waals surface area contributed by atoms with Crippen LogP contribution >= 0.6 is 27.7 Å². The molecule has 1 aliphatic heterocycles. The van der Waals surface area contributed by atoms with E-state index in [4.69, 9.17) is 9.84 Å². The Balaban J connectivity index is 2.46. The predicted octanol–water partition coefficient (Wildman–Crippen LogP) is 3.69. The number of carbonyl (C=O) groups is 2. The zero-order chi connectivity index (χ0) is 15.6. The summed E-state index contributed by atoms with van der Waals surface area (Å²) in [5, 5.41) is 9.15. The number of methoxy groups -OCH3 is 1. The maximum absolute atomic E-state index is 11.7. The third kappa shape index (κ3) is 3.49. The Labute approximate surface area is 135 Å². The lowest BCUT2D eigenvalue weighted by Gasteiger charge is -2.14. The van der Waals surface area contributed by atoms with Crippen LogP contribution < -0.4 is 4.74 Å². The number of carboxylic acid groups (broad SMARTS) is 1. The summed E-state index contributed by atoms with van der Waals surface area (Å²) in [5.74, 6) is -0.106. The van der Waals surface area contributed by atoms with Gasteiger partial charge in [0.25, 0.3) is 0 Å². The minimum Gasteiger partial charge on any atom is -0.496 e. The number of hydrogen-bond acceptors (Lipinski definition) is 4. The Morgan fingerprint density at radius 2 is 2.24 bits per heavy atom. The molecule has 21 heavy (non-hydrogen) atoms. The van der Waals surface area contributed by atoms with Crippen molar-refractivity contribution >= 4 is 45.5 Å². The largest absolute Gasteiger partial charge is 0.496 e. The van der Waals surface area contributed by atoms with E-state index in [9.17, 15) is 9.59 Å². The van der Waals surface area contributed by atoms with Crippen LogP contribution in [-0.2, 0) is 9.59 Å². The molecular weight excluding hydrogens is 356 g/mol. The fourth-order valence-electron chi connectivity index (χ4n) is 2.06. The molecule has 1 N–H and O–H groups in total. The van der Waals surface area contributed by atoms with Crippen LogP contribution in [0.5, 0.6) is 5.75 Å². The zero-order valence-corrected chi connectivity index (χ0v) is 14.1. The third-order valence-corrected chi connectivity index (χ3v) is 5.09. The second-order valence-electron chi connectivity index (χ2n) is 4.71. The van der Waals surface area contributed by atoms with E-state index in [0.29, 0.717) is 17.7 Å². The van der Waals surface area contributed by atoms with Gasteiger partial charge in [0.2, 0.25) is 0 Å². The quantitative estimate of drug-likeness (QED) is 0.818. The molecule has 0 amide bonds. The van der Waals surface area contributed by atoms with Crippen molar-refractivity contribution in [3.05, 3.63) is 32.6 Å². The number of benzene rings is 1. The first kappa shape index (κ1) is 16.1. The molecule has 1 aromatic carbocycles. The summed E-state index contributed by atoms with van der Waals surface area (Å²) < 4.78 is 6.05. The molecule has 0 bridgehead atoms. The number of thioether (sulfide) groups is 1. The highest BCUT2D eigenvalue weighted by Crippen LogP contribution is 2.36. The number of carboxylic acids is 1. The maximum atomic E-state index is 11.7. The summed E-state index contributed by atoms with van der Waals surface area (Å²) in [6.07, 6.45) is 2.39. The van der Waals surface area contributed by atoms with E-state index in [1.54, 1.807) is 19.1 Å². The average molecular weight is 371 g/mol. The first-order chi connectivity index (χ1) is 9.93. The molecule has 1 atom stereocenters. The zero-order valence-electron chi connectivity index (χ0n) is 11.7. The van der Waals surface area contributed by atoms with Crippen LogP contribution in [0.2, 0.25) is 0 Å². The minimum absolute atomic E-state index is 0.147. The van der Waals surface area contributed by atoms with Crippen molar-refractivity contribution in [2.75, 3.05) is 12.9 Å². The summed E-state index contributed by atoms with van der Waals surface area (Å²) in [7, 11) is 1.51. The maximum Gasteiger partial charge on any atom is 0.310 e. The first-order valence-corrected chi connectivity index (χ1v) is 8.19. The van der Waals surface area contributed by atoms with E-state index in [1.165, 1.54) is 18.9 Å². The molecule has 0 radical (unpaired) electrons. The molecule has 1 heterocycles. The van der Waals surface area contributed by atoms with E-state index < -0.39 is 11.9 Å². The smallest absolute Gasteiger partial charge is 0.310 e. The van der Waals surface area contributed by atoms with Crippen molar-refractivity contribution in [2.45, 2.75) is 19.3 Å². The van der Waals surface area contributed by atoms with Gasteiger partial charge in [-0.2, -0.15) is 0 Å². The molecule has 2 rings (SSSR count). The van der Waals surface area contributed by atoms with Crippen LogP contribution in [0.1, 0.15) is 30.4 Å². The molecular formula is C15H15BrO4S. The molecule has 1 aromatic rings. The molecule has 0 saturated carbocycles. The van der Waals surface area contributed by atoms with Crippen LogP contribution in [0.25, 0.3) is 6.08 Å². The number of Topliss-reactive ketones (excluding diaryl/α,β-unsaturated/α-hetero) is 1. The highest BCUT2D eigenvalue weighted by atomic mass is 79.9. The van der Waals surface area contributed by atoms with E-state index in [0.717, 1.165) is 20.7 Å². The molecule has 0 aliphatic carbocycles. The monoisotopic (exact) mass is 370 g/mol. The van der Waals surface area contributed by atoms with Gasteiger partial charge in [0, 0.05) is 22.2 Å². The number of halogens is 1. The van der Waals surface area contributed by atoms with Crippen molar-refractivity contribution < 1.29 is 19.4 Å². The first-order valence-electron chi connectivity index (χ1n) is 6.42.